The van der Waals surface area contributed by atoms with Crippen LogP contribution in [0.5, 0.6) is 0 Å². The lowest BCUT2D eigenvalue weighted by molar-refractivity contribution is -0.0230. The van der Waals surface area contributed by atoms with Crippen LogP contribution in [-0.4, -0.2) is 40.7 Å². The fourth-order valence-electron chi connectivity index (χ4n) is 3.69. The van der Waals surface area contributed by atoms with Crippen LogP contribution in [-0.2, 0) is 17.6 Å². The summed E-state index contributed by atoms with van der Waals surface area (Å²) >= 11 is 0. The Morgan fingerprint density at radius 1 is 1.17 bits per heavy atom. The number of amides is 1. The van der Waals surface area contributed by atoms with Gasteiger partial charge in [-0.2, -0.15) is 5.10 Å². The first kappa shape index (κ1) is 15.4. The monoisotopic (exact) mass is 325 g/mol. The van der Waals surface area contributed by atoms with Crippen LogP contribution in [0.4, 0.5) is 0 Å². The normalized spacial score (nSPS) is 21.2. The summed E-state index contributed by atoms with van der Waals surface area (Å²) in [6.45, 7) is 1.78. The Morgan fingerprint density at radius 3 is 2.88 bits per heavy atom. The first-order valence-electron chi connectivity index (χ1n) is 8.85. The molecule has 1 aromatic carbocycles. The van der Waals surface area contributed by atoms with Gasteiger partial charge in [0.25, 0.3) is 5.91 Å². The van der Waals surface area contributed by atoms with Gasteiger partial charge in [0.05, 0.1) is 13.2 Å². The van der Waals surface area contributed by atoms with Gasteiger partial charge in [-0.15, -0.1) is 0 Å². The number of rotatable bonds is 2. The summed E-state index contributed by atoms with van der Waals surface area (Å²) in [4.78, 5) is 14.9. The average molecular weight is 325 g/mol. The lowest BCUT2D eigenvalue weighted by Crippen LogP contribution is -2.42. The van der Waals surface area contributed by atoms with Gasteiger partial charge in [-0.3, -0.25) is 9.89 Å². The second-order valence-electron chi connectivity index (χ2n) is 6.61. The highest BCUT2D eigenvalue weighted by atomic mass is 16.5. The van der Waals surface area contributed by atoms with Crippen molar-refractivity contribution in [3.63, 3.8) is 0 Å². The van der Waals surface area contributed by atoms with Crippen LogP contribution in [0.25, 0.3) is 0 Å². The molecular weight excluding hydrogens is 302 g/mol. The number of hydrogen-bond donors (Lipinski definition) is 1. The van der Waals surface area contributed by atoms with Crippen molar-refractivity contribution < 1.29 is 9.53 Å². The number of ether oxygens (including phenoxy) is 1. The van der Waals surface area contributed by atoms with Crippen molar-refractivity contribution in [3.05, 3.63) is 52.8 Å². The Hall–Kier alpha value is -2.14. The van der Waals surface area contributed by atoms with Gasteiger partial charge in [0, 0.05) is 17.8 Å². The van der Waals surface area contributed by atoms with Crippen molar-refractivity contribution in [2.75, 3.05) is 19.7 Å². The van der Waals surface area contributed by atoms with E-state index in [1.807, 2.05) is 23.1 Å². The molecule has 1 aliphatic heterocycles. The first-order chi connectivity index (χ1) is 11.8. The van der Waals surface area contributed by atoms with Crippen molar-refractivity contribution in [1.29, 1.82) is 0 Å². The third-order valence-electron chi connectivity index (χ3n) is 5.03. The van der Waals surface area contributed by atoms with Gasteiger partial charge in [-0.25, -0.2) is 0 Å². The molecule has 1 atom stereocenters. The van der Waals surface area contributed by atoms with Gasteiger partial charge in [-0.05, 0) is 31.2 Å². The van der Waals surface area contributed by atoms with E-state index in [1.165, 1.54) is 12.8 Å². The molecule has 2 aliphatic rings. The number of carbonyl (C=O) groups excluding carboxylic acids is 1. The highest BCUT2D eigenvalue weighted by Crippen LogP contribution is 2.26. The molecule has 0 spiro atoms. The Balaban J connectivity index is 1.53. The number of aromatic nitrogens is 2. The van der Waals surface area contributed by atoms with E-state index in [9.17, 15) is 4.79 Å². The van der Waals surface area contributed by atoms with E-state index >= 15 is 0 Å². The van der Waals surface area contributed by atoms with Crippen LogP contribution in [0.2, 0.25) is 0 Å². The van der Waals surface area contributed by atoms with E-state index in [0.717, 1.165) is 36.1 Å². The molecule has 0 saturated carbocycles. The summed E-state index contributed by atoms with van der Waals surface area (Å²) in [6, 6.07) is 10.1. The van der Waals surface area contributed by atoms with Crippen LogP contribution in [0.1, 0.15) is 52.7 Å². The van der Waals surface area contributed by atoms with E-state index in [1.54, 1.807) is 0 Å². The molecule has 1 saturated heterocycles. The minimum atomic E-state index is -0.0542. The Morgan fingerprint density at radius 2 is 2.00 bits per heavy atom. The zero-order valence-electron chi connectivity index (χ0n) is 13.8. The smallest absolute Gasteiger partial charge is 0.274 e. The molecule has 4 rings (SSSR count). The second-order valence-corrected chi connectivity index (χ2v) is 6.61. The summed E-state index contributed by atoms with van der Waals surface area (Å²) in [7, 11) is 0. The highest BCUT2D eigenvalue weighted by Gasteiger charge is 2.29. The van der Waals surface area contributed by atoms with Crippen LogP contribution in [0.15, 0.2) is 30.3 Å². The quantitative estimate of drug-likeness (QED) is 0.864. The van der Waals surface area contributed by atoms with Gasteiger partial charge in [0.2, 0.25) is 0 Å². The van der Waals surface area contributed by atoms with Crippen molar-refractivity contribution in [2.24, 2.45) is 0 Å². The maximum Gasteiger partial charge on any atom is 0.274 e. The minimum absolute atomic E-state index is 0.0404. The van der Waals surface area contributed by atoms with Crippen LogP contribution in [0.3, 0.4) is 0 Å². The summed E-state index contributed by atoms with van der Waals surface area (Å²) in [5.74, 6) is 0.0404. The second kappa shape index (κ2) is 6.77. The number of benzene rings is 1. The Bertz CT molecular complexity index is 711. The van der Waals surface area contributed by atoms with Crippen molar-refractivity contribution in [2.45, 2.75) is 38.2 Å². The van der Waals surface area contributed by atoms with Crippen LogP contribution < -0.4 is 0 Å². The Labute approximate surface area is 142 Å². The topological polar surface area (TPSA) is 58.2 Å². The number of nitrogens with one attached hydrogen (secondary N) is 1. The molecule has 0 radical (unpaired) electrons. The first-order valence-corrected chi connectivity index (χ1v) is 8.85. The summed E-state index contributed by atoms with van der Waals surface area (Å²) < 4.78 is 5.87. The molecule has 1 N–H and O–H groups in total. The zero-order chi connectivity index (χ0) is 16.4. The van der Waals surface area contributed by atoms with Gasteiger partial charge in [0.15, 0.2) is 5.69 Å². The zero-order valence-corrected chi connectivity index (χ0v) is 13.8. The van der Waals surface area contributed by atoms with E-state index in [0.29, 0.717) is 25.4 Å². The predicted molar refractivity (Wildman–Crippen MR) is 90.9 cm³/mol. The van der Waals surface area contributed by atoms with Gasteiger partial charge in [0.1, 0.15) is 6.10 Å². The average Bonchev–Trinajstić information content (AvgIpc) is 2.90. The molecule has 5 heteroatoms. The van der Waals surface area contributed by atoms with Crippen LogP contribution >= 0.6 is 0 Å². The van der Waals surface area contributed by atoms with Gasteiger partial charge in [-0.1, -0.05) is 36.8 Å². The molecular formula is C19H23N3O2. The standard InChI is InChI=1S/C19H23N3O2/c23-19(18-15-9-5-2-6-10-16(15)20-21-18)22-11-12-24-17(13-22)14-7-3-1-4-8-14/h1,3-4,7-8,17H,2,5-6,9-13H2,(H,20,21). The van der Waals surface area contributed by atoms with Crippen LogP contribution in [0, 0.1) is 0 Å². The molecule has 1 fully saturated rings. The van der Waals surface area contributed by atoms with E-state index < -0.39 is 0 Å². The number of carbonyl (C=O) groups is 1. The van der Waals surface area contributed by atoms with E-state index in [2.05, 4.69) is 22.3 Å². The van der Waals surface area contributed by atoms with Gasteiger partial charge < -0.3 is 9.64 Å². The number of fused-ring (bicyclic) bond motifs is 1. The number of nitrogens with zero attached hydrogens (tertiary/aromatic N) is 2. The number of hydrogen-bond acceptors (Lipinski definition) is 3. The number of morpholine rings is 1. The molecule has 1 unspecified atom stereocenters. The fourth-order valence-corrected chi connectivity index (χ4v) is 3.69. The fraction of sp³-hybridized carbons (Fsp3) is 0.474. The minimum Gasteiger partial charge on any atom is -0.370 e. The largest absolute Gasteiger partial charge is 0.370 e. The molecule has 0 bridgehead atoms. The lowest BCUT2D eigenvalue weighted by Gasteiger charge is -2.33. The van der Waals surface area contributed by atoms with Gasteiger partial charge >= 0.3 is 0 Å². The van der Waals surface area contributed by atoms with Crippen molar-refractivity contribution in [3.8, 4) is 0 Å². The number of aromatic amines is 1. The maximum atomic E-state index is 13.0. The van der Waals surface area contributed by atoms with E-state index in [4.69, 9.17) is 4.74 Å². The third kappa shape index (κ3) is 2.96. The van der Waals surface area contributed by atoms with Crippen molar-refractivity contribution in [1.82, 2.24) is 15.1 Å². The van der Waals surface area contributed by atoms with Crippen molar-refractivity contribution >= 4 is 5.91 Å². The third-order valence-corrected chi connectivity index (χ3v) is 5.03. The summed E-state index contributed by atoms with van der Waals surface area (Å²) in [5.41, 5.74) is 4.04. The molecule has 1 amide bonds. The molecule has 1 aliphatic carbocycles. The summed E-state index contributed by atoms with van der Waals surface area (Å²) in [5, 5.41) is 7.46. The molecule has 2 heterocycles. The molecule has 24 heavy (non-hydrogen) atoms. The lowest BCUT2D eigenvalue weighted by atomic mass is 10.1. The number of aryl methyl sites for hydroxylation is 1. The number of H-pyrrole nitrogens is 1. The summed E-state index contributed by atoms with van der Waals surface area (Å²) in [6.07, 6.45) is 5.45. The molecule has 2 aromatic rings. The molecule has 126 valence electrons. The SMILES string of the molecule is O=C(c1n[nH]c2c1CCCCC2)N1CCOC(c2ccccc2)C1. The molecule has 1 aromatic heterocycles. The highest BCUT2D eigenvalue weighted by molar-refractivity contribution is 5.94. The maximum absolute atomic E-state index is 13.0. The molecule has 5 nitrogen and oxygen atoms in total. The Kier molecular flexibility index (Phi) is 4.34. The van der Waals surface area contributed by atoms with E-state index in [-0.39, 0.29) is 12.0 Å². The predicted octanol–water partition coefficient (Wildman–Crippen LogP) is 2.89.